The SMILES string of the molecule is Cc1ccc(CC(CNC(C)(C)C)CC(C)C)cc1C. The number of aryl methyl sites for hydroxylation is 2. The Morgan fingerprint density at radius 1 is 1.05 bits per heavy atom. The predicted octanol–water partition coefficient (Wildman–Crippen LogP) is 4.90. The summed E-state index contributed by atoms with van der Waals surface area (Å²) in [6.07, 6.45) is 2.47. The van der Waals surface area contributed by atoms with E-state index >= 15 is 0 Å². The van der Waals surface area contributed by atoms with Crippen molar-refractivity contribution >= 4 is 0 Å². The van der Waals surface area contributed by atoms with Gasteiger partial charge in [0.15, 0.2) is 0 Å². The van der Waals surface area contributed by atoms with E-state index in [0.29, 0.717) is 0 Å². The molecule has 114 valence electrons. The second-order valence-corrected chi connectivity index (χ2v) is 7.75. The molecule has 0 saturated carbocycles. The second-order valence-electron chi connectivity index (χ2n) is 7.75. The zero-order valence-electron chi connectivity index (χ0n) is 14.5. The molecule has 0 spiro atoms. The molecule has 0 aliphatic carbocycles. The number of hydrogen-bond donors (Lipinski definition) is 1. The number of benzene rings is 1. The molecule has 0 heterocycles. The molecule has 0 aliphatic rings. The van der Waals surface area contributed by atoms with E-state index in [2.05, 4.69) is 72.0 Å². The summed E-state index contributed by atoms with van der Waals surface area (Å²) in [5.74, 6) is 1.48. The highest BCUT2D eigenvalue weighted by Gasteiger charge is 2.16. The Morgan fingerprint density at radius 2 is 1.70 bits per heavy atom. The van der Waals surface area contributed by atoms with Crippen molar-refractivity contribution in [3.05, 3.63) is 34.9 Å². The van der Waals surface area contributed by atoms with Crippen molar-refractivity contribution in [2.75, 3.05) is 6.54 Å². The van der Waals surface area contributed by atoms with Gasteiger partial charge in [0, 0.05) is 5.54 Å². The summed E-state index contributed by atoms with van der Waals surface area (Å²) in [6.45, 7) is 16.9. The highest BCUT2D eigenvalue weighted by molar-refractivity contribution is 5.30. The Bertz CT molecular complexity index is 412. The van der Waals surface area contributed by atoms with Crippen LogP contribution in [0, 0.1) is 25.7 Å². The van der Waals surface area contributed by atoms with Crippen LogP contribution in [0.1, 0.15) is 57.7 Å². The molecule has 1 aromatic carbocycles. The molecule has 1 unspecified atom stereocenters. The van der Waals surface area contributed by atoms with Gasteiger partial charge in [-0.2, -0.15) is 0 Å². The summed E-state index contributed by atoms with van der Waals surface area (Å²) < 4.78 is 0. The summed E-state index contributed by atoms with van der Waals surface area (Å²) in [6, 6.07) is 6.92. The van der Waals surface area contributed by atoms with Crippen LogP contribution in [-0.2, 0) is 6.42 Å². The maximum atomic E-state index is 3.67. The van der Waals surface area contributed by atoms with Gasteiger partial charge in [-0.05, 0) is 82.5 Å². The molecule has 1 atom stereocenters. The molecule has 0 aromatic heterocycles. The molecule has 1 N–H and O–H groups in total. The lowest BCUT2D eigenvalue weighted by molar-refractivity contribution is 0.331. The zero-order valence-corrected chi connectivity index (χ0v) is 14.5. The minimum Gasteiger partial charge on any atom is -0.312 e. The fourth-order valence-electron chi connectivity index (χ4n) is 2.62. The van der Waals surface area contributed by atoms with Crippen LogP contribution >= 0.6 is 0 Å². The van der Waals surface area contributed by atoms with E-state index in [1.165, 1.54) is 29.5 Å². The van der Waals surface area contributed by atoms with E-state index in [1.807, 2.05) is 0 Å². The first-order chi connectivity index (χ1) is 9.17. The van der Waals surface area contributed by atoms with Gasteiger partial charge in [-0.1, -0.05) is 32.0 Å². The Hall–Kier alpha value is -0.820. The minimum absolute atomic E-state index is 0.207. The lowest BCUT2D eigenvalue weighted by atomic mass is 9.89. The molecule has 1 rings (SSSR count). The Labute approximate surface area is 126 Å². The topological polar surface area (TPSA) is 12.0 Å². The van der Waals surface area contributed by atoms with E-state index in [9.17, 15) is 0 Å². The lowest BCUT2D eigenvalue weighted by Gasteiger charge is -2.26. The lowest BCUT2D eigenvalue weighted by Crippen LogP contribution is -2.39. The zero-order chi connectivity index (χ0) is 15.3. The van der Waals surface area contributed by atoms with Gasteiger partial charge in [-0.3, -0.25) is 0 Å². The number of hydrogen-bond acceptors (Lipinski definition) is 1. The van der Waals surface area contributed by atoms with Crippen molar-refractivity contribution in [3.8, 4) is 0 Å². The standard InChI is InChI=1S/C19H33N/c1-14(2)10-18(13-20-19(5,6)7)12-17-9-8-15(3)16(4)11-17/h8-9,11,14,18,20H,10,12-13H2,1-7H3. The highest BCUT2D eigenvalue weighted by atomic mass is 14.9. The van der Waals surface area contributed by atoms with Gasteiger partial charge >= 0.3 is 0 Å². The molecule has 0 fully saturated rings. The van der Waals surface area contributed by atoms with Gasteiger partial charge in [0.1, 0.15) is 0 Å². The fraction of sp³-hybridized carbons (Fsp3) is 0.684. The third-order valence-electron chi connectivity index (χ3n) is 3.82. The van der Waals surface area contributed by atoms with Gasteiger partial charge in [0.25, 0.3) is 0 Å². The Balaban J connectivity index is 2.70. The van der Waals surface area contributed by atoms with Crippen molar-refractivity contribution in [3.63, 3.8) is 0 Å². The molecule has 0 bridgehead atoms. The van der Waals surface area contributed by atoms with E-state index in [-0.39, 0.29) is 5.54 Å². The van der Waals surface area contributed by atoms with Crippen molar-refractivity contribution in [2.24, 2.45) is 11.8 Å². The number of nitrogens with one attached hydrogen (secondary N) is 1. The summed E-state index contributed by atoms with van der Waals surface area (Å²) >= 11 is 0. The van der Waals surface area contributed by atoms with Gasteiger partial charge in [0.05, 0.1) is 0 Å². The Morgan fingerprint density at radius 3 is 2.20 bits per heavy atom. The van der Waals surface area contributed by atoms with E-state index in [0.717, 1.165) is 18.4 Å². The highest BCUT2D eigenvalue weighted by Crippen LogP contribution is 2.19. The van der Waals surface area contributed by atoms with Gasteiger partial charge in [0.2, 0.25) is 0 Å². The largest absolute Gasteiger partial charge is 0.312 e. The normalized spacial score (nSPS) is 13.8. The average molecular weight is 275 g/mol. The van der Waals surface area contributed by atoms with Crippen LogP contribution in [0.4, 0.5) is 0 Å². The van der Waals surface area contributed by atoms with Crippen LogP contribution in [0.3, 0.4) is 0 Å². The van der Waals surface area contributed by atoms with Crippen molar-refractivity contribution in [1.82, 2.24) is 5.32 Å². The van der Waals surface area contributed by atoms with Crippen molar-refractivity contribution < 1.29 is 0 Å². The molecule has 1 nitrogen and oxygen atoms in total. The molecule has 0 radical (unpaired) electrons. The van der Waals surface area contributed by atoms with Crippen LogP contribution < -0.4 is 5.32 Å². The Kier molecular flexibility index (Phi) is 6.26. The molecule has 0 amide bonds. The van der Waals surface area contributed by atoms with Crippen molar-refractivity contribution in [2.45, 2.75) is 66.8 Å². The summed E-state index contributed by atoms with van der Waals surface area (Å²) in [5, 5.41) is 3.67. The second kappa shape index (κ2) is 7.26. The smallest absolute Gasteiger partial charge is 0.00966 e. The maximum Gasteiger partial charge on any atom is 0.00966 e. The van der Waals surface area contributed by atoms with Gasteiger partial charge in [-0.15, -0.1) is 0 Å². The third kappa shape index (κ3) is 6.56. The fourth-order valence-corrected chi connectivity index (χ4v) is 2.62. The van der Waals surface area contributed by atoms with Crippen LogP contribution in [0.15, 0.2) is 18.2 Å². The maximum absolute atomic E-state index is 3.67. The summed E-state index contributed by atoms with van der Waals surface area (Å²) in [5.41, 5.74) is 4.49. The molecule has 1 aromatic rings. The van der Waals surface area contributed by atoms with Crippen LogP contribution in [0.25, 0.3) is 0 Å². The molecular weight excluding hydrogens is 242 g/mol. The van der Waals surface area contributed by atoms with E-state index in [4.69, 9.17) is 0 Å². The first-order valence-electron chi connectivity index (χ1n) is 7.98. The molecular formula is C19H33N. The first-order valence-corrected chi connectivity index (χ1v) is 7.98. The van der Waals surface area contributed by atoms with Crippen molar-refractivity contribution in [1.29, 1.82) is 0 Å². The van der Waals surface area contributed by atoms with Gasteiger partial charge in [-0.25, -0.2) is 0 Å². The van der Waals surface area contributed by atoms with Crippen LogP contribution in [-0.4, -0.2) is 12.1 Å². The first kappa shape index (κ1) is 17.2. The third-order valence-corrected chi connectivity index (χ3v) is 3.82. The average Bonchev–Trinajstić information content (AvgIpc) is 2.29. The monoisotopic (exact) mass is 275 g/mol. The van der Waals surface area contributed by atoms with Crippen LogP contribution in [0.2, 0.25) is 0 Å². The predicted molar refractivity (Wildman–Crippen MR) is 90.3 cm³/mol. The van der Waals surface area contributed by atoms with E-state index in [1.54, 1.807) is 0 Å². The van der Waals surface area contributed by atoms with Gasteiger partial charge < -0.3 is 5.32 Å². The van der Waals surface area contributed by atoms with Crippen LogP contribution in [0.5, 0.6) is 0 Å². The van der Waals surface area contributed by atoms with E-state index < -0.39 is 0 Å². The molecule has 0 aliphatic heterocycles. The molecule has 1 heteroatoms. The quantitative estimate of drug-likeness (QED) is 0.779. The number of rotatable bonds is 6. The minimum atomic E-state index is 0.207. The molecule has 0 saturated heterocycles. The summed E-state index contributed by atoms with van der Waals surface area (Å²) in [4.78, 5) is 0. The summed E-state index contributed by atoms with van der Waals surface area (Å²) in [7, 11) is 0. The molecule has 20 heavy (non-hydrogen) atoms.